The third-order valence-corrected chi connectivity index (χ3v) is 3.56. The van der Waals surface area contributed by atoms with Gasteiger partial charge in [-0.05, 0) is 27.6 Å². The predicted molar refractivity (Wildman–Crippen MR) is 77.8 cm³/mol. The number of rotatable bonds is 3. The number of fused-ring (bicyclic) bond motifs is 2. The van der Waals surface area contributed by atoms with Crippen LogP contribution in [0.2, 0.25) is 0 Å². The highest BCUT2D eigenvalue weighted by Gasteiger charge is 2.18. The molecule has 0 unspecified atom stereocenters. The molecule has 3 aromatic rings. The lowest BCUT2D eigenvalue weighted by atomic mass is 10.2. The van der Waals surface area contributed by atoms with Gasteiger partial charge in [-0.3, -0.25) is 9.20 Å². The summed E-state index contributed by atoms with van der Waals surface area (Å²) in [5.74, 6) is 0.941. The fourth-order valence-electron chi connectivity index (χ4n) is 2.45. The van der Waals surface area contributed by atoms with E-state index in [1.165, 1.54) is 15.2 Å². The Balaban J connectivity index is 1.73. The Morgan fingerprint density at radius 2 is 2.09 bits per heavy atom. The van der Waals surface area contributed by atoms with Crippen LogP contribution in [0.1, 0.15) is 5.56 Å². The average molecular weight is 314 g/mol. The lowest BCUT2D eigenvalue weighted by Gasteiger charge is -2.06. The molecule has 23 heavy (non-hydrogen) atoms. The first-order valence-electron chi connectivity index (χ1n) is 6.73. The molecule has 0 saturated carbocycles. The van der Waals surface area contributed by atoms with E-state index in [0.717, 1.165) is 5.56 Å². The van der Waals surface area contributed by atoms with Crippen LogP contribution in [0, 0.1) is 10.1 Å². The second-order valence-corrected chi connectivity index (χ2v) is 5.01. The van der Waals surface area contributed by atoms with Gasteiger partial charge in [-0.25, -0.2) is 0 Å². The fourth-order valence-corrected chi connectivity index (χ4v) is 2.45. The van der Waals surface area contributed by atoms with Gasteiger partial charge < -0.3 is 24.2 Å². The molecule has 0 saturated heterocycles. The number of nitrogens with zero attached hydrogens (tertiary/aromatic N) is 4. The molecule has 0 amide bonds. The Labute approximate surface area is 128 Å². The van der Waals surface area contributed by atoms with Gasteiger partial charge >= 0.3 is 17.0 Å². The molecular weight excluding hydrogens is 304 g/mol. The zero-order chi connectivity index (χ0) is 16.0. The van der Waals surface area contributed by atoms with Crippen LogP contribution in [0.3, 0.4) is 0 Å². The standard InChI is InChI=1S/C14H10N4O5/c19-14-13-15-12(18(20)21)7-16(13)3-4-17(14)6-9-1-2-10-11(5-9)23-8-22-10/h1-5,7H,6,8H2. The third kappa shape index (κ3) is 2.18. The molecule has 0 N–H and O–H groups in total. The minimum absolute atomic E-state index is 0.0138. The SMILES string of the molecule is O=c1c2nc([N+](=O)[O-])cn2ccn1Cc1ccc2c(c1)OCO2. The largest absolute Gasteiger partial charge is 0.454 e. The highest BCUT2D eigenvalue weighted by atomic mass is 16.7. The van der Waals surface area contributed by atoms with Crippen molar-refractivity contribution in [3.05, 3.63) is 62.8 Å². The smallest absolute Gasteiger partial charge is 0.382 e. The highest BCUT2D eigenvalue weighted by molar-refractivity contribution is 5.45. The van der Waals surface area contributed by atoms with E-state index in [-0.39, 0.29) is 18.3 Å². The third-order valence-electron chi connectivity index (χ3n) is 3.56. The summed E-state index contributed by atoms with van der Waals surface area (Å²) in [6, 6.07) is 5.41. The number of aromatic nitrogens is 3. The Kier molecular flexibility index (Phi) is 2.80. The van der Waals surface area contributed by atoms with Crippen molar-refractivity contribution < 1.29 is 14.4 Å². The second-order valence-electron chi connectivity index (χ2n) is 5.01. The lowest BCUT2D eigenvalue weighted by Crippen LogP contribution is -2.22. The van der Waals surface area contributed by atoms with Gasteiger partial charge in [0.1, 0.15) is 6.20 Å². The lowest BCUT2D eigenvalue weighted by molar-refractivity contribution is -0.389. The van der Waals surface area contributed by atoms with Crippen molar-refractivity contribution in [2.24, 2.45) is 0 Å². The van der Waals surface area contributed by atoms with Crippen molar-refractivity contribution in [1.82, 2.24) is 14.0 Å². The van der Waals surface area contributed by atoms with Crippen LogP contribution in [0.4, 0.5) is 5.82 Å². The van der Waals surface area contributed by atoms with E-state index in [0.29, 0.717) is 18.0 Å². The van der Waals surface area contributed by atoms with Gasteiger partial charge in [0.05, 0.1) is 6.54 Å². The summed E-state index contributed by atoms with van der Waals surface area (Å²) >= 11 is 0. The summed E-state index contributed by atoms with van der Waals surface area (Å²) < 4.78 is 13.3. The highest BCUT2D eigenvalue weighted by Crippen LogP contribution is 2.32. The molecule has 0 fully saturated rings. The number of hydrogen-bond donors (Lipinski definition) is 0. The van der Waals surface area contributed by atoms with Gasteiger partial charge in [-0.2, -0.15) is 0 Å². The van der Waals surface area contributed by atoms with Crippen LogP contribution in [0.5, 0.6) is 11.5 Å². The minimum atomic E-state index is -0.630. The van der Waals surface area contributed by atoms with E-state index in [1.54, 1.807) is 24.5 Å². The molecule has 0 atom stereocenters. The maximum atomic E-state index is 12.4. The number of nitro groups is 1. The summed E-state index contributed by atoms with van der Waals surface area (Å²) in [6.07, 6.45) is 4.33. The van der Waals surface area contributed by atoms with Crippen molar-refractivity contribution in [2.75, 3.05) is 6.79 Å². The van der Waals surface area contributed by atoms with E-state index >= 15 is 0 Å². The first-order valence-corrected chi connectivity index (χ1v) is 6.73. The molecule has 2 aromatic heterocycles. The molecule has 0 spiro atoms. The van der Waals surface area contributed by atoms with Gasteiger partial charge in [-0.15, -0.1) is 0 Å². The Morgan fingerprint density at radius 1 is 1.26 bits per heavy atom. The Morgan fingerprint density at radius 3 is 2.91 bits per heavy atom. The average Bonchev–Trinajstić information content (AvgIpc) is 3.16. The van der Waals surface area contributed by atoms with Crippen molar-refractivity contribution >= 4 is 11.5 Å². The minimum Gasteiger partial charge on any atom is -0.454 e. The van der Waals surface area contributed by atoms with Gasteiger partial charge in [-0.1, -0.05) is 6.07 Å². The number of hydrogen-bond acceptors (Lipinski definition) is 6. The van der Waals surface area contributed by atoms with E-state index in [1.807, 2.05) is 6.07 Å². The molecule has 1 aromatic carbocycles. The van der Waals surface area contributed by atoms with Crippen LogP contribution in [0.15, 0.2) is 41.6 Å². The monoisotopic (exact) mass is 314 g/mol. The number of imidazole rings is 1. The molecule has 1 aliphatic heterocycles. The zero-order valence-corrected chi connectivity index (χ0v) is 11.7. The van der Waals surface area contributed by atoms with E-state index < -0.39 is 10.5 Å². The van der Waals surface area contributed by atoms with Crippen LogP contribution in [0.25, 0.3) is 5.65 Å². The fraction of sp³-hybridized carbons (Fsp3) is 0.143. The Bertz CT molecular complexity index is 990. The zero-order valence-electron chi connectivity index (χ0n) is 11.7. The number of benzene rings is 1. The van der Waals surface area contributed by atoms with Crippen molar-refractivity contribution in [1.29, 1.82) is 0 Å². The van der Waals surface area contributed by atoms with Crippen LogP contribution in [-0.2, 0) is 6.54 Å². The van der Waals surface area contributed by atoms with E-state index in [2.05, 4.69) is 4.98 Å². The quantitative estimate of drug-likeness (QED) is 0.531. The number of ether oxygens (including phenoxy) is 2. The molecular formula is C14H10N4O5. The van der Waals surface area contributed by atoms with Crippen molar-refractivity contribution in [3.8, 4) is 11.5 Å². The molecule has 4 rings (SSSR count). The van der Waals surface area contributed by atoms with Crippen molar-refractivity contribution in [2.45, 2.75) is 6.54 Å². The predicted octanol–water partition coefficient (Wildman–Crippen LogP) is 1.18. The summed E-state index contributed by atoms with van der Waals surface area (Å²) in [5, 5.41) is 10.8. The maximum absolute atomic E-state index is 12.4. The van der Waals surface area contributed by atoms with Crippen LogP contribution in [-0.4, -0.2) is 25.7 Å². The van der Waals surface area contributed by atoms with Gasteiger partial charge in [0, 0.05) is 12.4 Å². The van der Waals surface area contributed by atoms with E-state index in [4.69, 9.17) is 9.47 Å². The normalized spacial score (nSPS) is 12.7. The maximum Gasteiger partial charge on any atom is 0.382 e. The molecule has 0 aliphatic carbocycles. The summed E-state index contributed by atoms with van der Waals surface area (Å²) in [4.78, 5) is 26.3. The summed E-state index contributed by atoms with van der Waals surface area (Å²) in [5.41, 5.74) is 0.458. The van der Waals surface area contributed by atoms with Crippen molar-refractivity contribution in [3.63, 3.8) is 0 Å². The topological polar surface area (TPSA) is 101 Å². The first-order chi connectivity index (χ1) is 11.1. The molecule has 1 aliphatic rings. The molecule has 9 heteroatoms. The first kappa shape index (κ1) is 13.3. The molecule has 0 bridgehead atoms. The van der Waals surface area contributed by atoms with E-state index in [9.17, 15) is 14.9 Å². The molecule has 9 nitrogen and oxygen atoms in total. The Hall–Kier alpha value is -3.36. The second kappa shape index (κ2) is 4.83. The molecule has 0 radical (unpaired) electrons. The van der Waals surface area contributed by atoms with Gasteiger partial charge in [0.15, 0.2) is 11.5 Å². The summed E-state index contributed by atoms with van der Waals surface area (Å²) in [7, 11) is 0. The van der Waals surface area contributed by atoms with Gasteiger partial charge in [0.25, 0.3) is 0 Å². The van der Waals surface area contributed by atoms with Crippen LogP contribution >= 0.6 is 0 Å². The molecule has 116 valence electrons. The van der Waals surface area contributed by atoms with Crippen LogP contribution < -0.4 is 15.0 Å². The van der Waals surface area contributed by atoms with Gasteiger partial charge in [0.2, 0.25) is 6.79 Å². The molecule has 3 heterocycles. The summed E-state index contributed by atoms with van der Waals surface area (Å²) in [6.45, 7) is 0.481.